The lowest BCUT2D eigenvalue weighted by Gasteiger charge is -2.29. The van der Waals surface area contributed by atoms with E-state index in [1.54, 1.807) is 0 Å². The number of carbonyl (C=O) groups excluding carboxylic acids is 1. The molecule has 1 aliphatic heterocycles. The molecule has 0 unspecified atom stereocenters. The van der Waals surface area contributed by atoms with Gasteiger partial charge in [-0.1, -0.05) is 42.5 Å². The molecule has 0 spiro atoms. The summed E-state index contributed by atoms with van der Waals surface area (Å²) in [6.45, 7) is 4.52. The van der Waals surface area contributed by atoms with E-state index in [1.165, 1.54) is 11.1 Å². The number of morpholine rings is 1. The molecule has 2 aromatic rings. The van der Waals surface area contributed by atoms with Crippen molar-refractivity contribution in [3.05, 3.63) is 54.6 Å². The first kappa shape index (κ1) is 15.6. The van der Waals surface area contributed by atoms with Gasteiger partial charge in [0.05, 0.1) is 13.2 Å². The highest BCUT2D eigenvalue weighted by atomic mass is 16.5. The lowest BCUT2D eigenvalue weighted by molar-refractivity contribution is -0.135. The fourth-order valence-corrected chi connectivity index (χ4v) is 2.76. The molecule has 23 heavy (non-hydrogen) atoms. The third-order valence-electron chi connectivity index (χ3n) is 4.07. The maximum atomic E-state index is 12.4. The van der Waals surface area contributed by atoms with Crippen molar-refractivity contribution in [1.29, 1.82) is 0 Å². The van der Waals surface area contributed by atoms with Gasteiger partial charge in [0.1, 0.15) is 6.04 Å². The summed E-state index contributed by atoms with van der Waals surface area (Å²) in [4.78, 5) is 14.3. The first-order valence-electron chi connectivity index (χ1n) is 8.02. The van der Waals surface area contributed by atoms with E-state index in [2.05, 4.69) is 29.6 Å². The van der Waals surface area contributed by atoms with E-state index in [9.17, 15) is 4.79 Å². The largest absolute Gasteiger partial charge is 0.378 e. The molecular weight excluding hydrogens is 288 g/mol. The molecule has 0 aliphatic carbocycles. The average Bonchev–Trinajstić information content (AvgIpc) is 2.63. The van der Waals surface area contributed by atoms with Gasteiger partial charge < -0.3 is 15.0 Å². The molecule has 4 heteroatoms. The van der Waals surface area contributed by atoms with Crippen molar-refractivity contribution in [1.82, 2.24) is 4.90 Å². The van der Waals surface area contributed by atoms with E-state index in [0.29, 0.717) is 26.3 Å². The van der Waals surface area contributed by atoms with E-state index in [4.69, 9.17) is 4.74 Å². The first-order valence-corrected chi connectivity index (χ1v) is 8.02. The predicted octanol–water partition coefficient (Wildman–Crippen LogP) is 3.01. The van der Waals surface area contributed by atoms with Crippen LogP contribution in [0.1, 0.15) is 6.92 Å². The Labute approximate surface area is 137 Å². The molecule has 2 aromatic carbocycles. The normalized spacial score (nSPS) is 16.0. The maximum absolute atomic E-state index is 12.4. The Morgan fingerprint density at radius 1 is 1.00 bits per heavy atom. The molecule has 3 rings (SSSR count). The summed E-state index contributed by atoms with van der Waals surface area (Å²) in [5.41, 5.74) is 3.32. The summed E-state index contributed by atoms with van der Waals surface area (Å²) >= 11 is 0. The number of hydrogen-bond acceptors (Lipinski definition) is 3. The molecule has 4 nitrogen and oxygen atoms in total. The Morgan fingerprint density at radius 3 is 2.26 bits per heavy atom. The van der Waals surface area contributed by atoms with E-state index in [1.807, 2.05) is 42.2 Å². The average molecular weight is 310 g/mol. The number of hydrogen-bond donors (Lipinski definition) is 1. The van der Waals surface area contributed by atoms with Crippen LogP contribution in [0, 0.1) is 0 Å². The van der Waals surface area contributed by atoms with Gasteiger partial charge in [-0.3, -0.25) is 4.79 Å². The van der Waals surface area contributed by atoms with Crippen LogP contribution in [0.5, 0.6) is 0 Å². The zero-order chi connectivity index (χ0) is 16.1. The van der Waals surface area contributed by atoms with Crippen LogP contribution in [0.4, 0.5) is 5.69 Å². The minimum Gasteiger partial charge on any atom is -0.378 e. The highest BCUT2D eigenvalue weighted by Gasteiger charge is 2.22. The van der Waals surface area contributed by atoms with Crippen molar-refractivity contribution >= 4 is 11.6 Å². The van der Waals surface area contributed by atoms with Crippen molar-refractivity contribution in [2.45, 2.75) is 13.0 Å². The Hall–Kier alpha value is -2.33. The molecule has 0 bridgehead atoms. The molecule has 1 atom stereocenters. The van der Waals surface area contributed by atoms with Crippen LogP contribution in [0.25, 0.3) is 11.1 Å². The van der Waals surface area contributed by atoms with Crippen LogP contribution in [0.3, 0.4) is 0 Å². The zero-order valence-corrected chi connectivity index (χ0v) is 13.4. The third kappa shape index (κ3) is 3.90. The zero-order valence-electron chi connectivity index (χ0n) is 13.4. The molecule has 1 fully saturated rings. The van der Waals surface area contributed by atoms with Gasteiger partial charge in [-0.2, -0.15) is 0 Å². The van der Waals surface area contributed by atoms with Crippen molar-refractivity contribution in [3.8, 4) is 11.1 Å². The van der Waals surface area contributed by atoms with Gasteiger partial charge >= 0.3 is 0 Å². The molecule has 120 valence electrons. The summed E-state index contributed by atoms with van der Waals surface area (Å²) in [5, 5.41) is 3.29. The summed E-state index contributed by atoms with van der Waals surface area (Å²) in [6, 6.07) is 18.2. The number of carbonyl (C=O) groups is 1. The Bertz CT molecular complexity index is 634. The minimum absolute atomic E-state index is 0.125. The van der Waals surface area contributed by atoms with E-state index >= 15 is 0 Å². The topological polar surface area (TPSA) is 41.6 Å². The van der Waals surface area contributed by atoms with E-state index in [-0.39, 0.29) is 11.9 Å². The van der Waals surface area contributed by atoms with Gasteiger partial charge in [0.15, 0.2) is 0 Å². The van der Waals surface area contributed by atoms with Crippen LogP contribution in [-0.4, -0.2) is 43.2 Å². The lowest BCUT2D eigenvalue weighted by Crippen LogP contribution is -2.46. The highest BCUT2D eigenvalue weighted by Crippen LogP contribution is 2.21. The third-order valence-corrected chi connectivity index (χ3v) is 4.07. The fraction of sp³-hybridized carbons (Fsp3) is 0.316. The monoisotopic (exact) mass is 310 g/mol. The molecule has 0 aromatic heterocycles. The van der Waals surface area contributed by atoms with E-state index < -0.39 is 0 Å². The fourth-order valence-electron chi connectivity index (χ4n) is 2.76. The number of nitrogens with zero attached hydrogens (tertiary/aromatic N) is 1. The second-order valence-electron chi connectivity index (χ2n) is 5.75. The molecule has 1 aliphatic rings. The van der Waals surface area contributed by atoms with Gasteiger partial charge in [0.25, 0.3) is 0 Å². The summed E-state index contributed by atoms with van der Waals surface area (Å²) in [6.07, 6.45) is 0. The predicted molar refractivity (Wildman–Crippen MR) is 92.4 cm³/mol. The standard InChI is InChI=1S/C19H22N2O2/c1-15(19(22)21-11-13-23-14-12-21)20-18-9-7-17(8-10-18)16-5-3-2-4-6-16/h2-10,15,20H,11-14H2,1H3/t15-/m0/s1. The molecule has 0 radical (unpaired) electrons. The van der Waals surface area contributed by atoms with Crippen LogP contribution in [-0.2, 0) is 9.53 Å². The van der Waals surface area contributed by atoms with Crippen LogP contribution in [0.2, 0.25) is 0 Å². The number of anilines is 1. The molecule has 1 N–H and O–H groups in total. The summed E-state index contributed by atoms with van der Waals surface area (Å²) < 4.78 is 5.29. The molecular formula is C19H22N2O2. The van der Waals surface area contributed by atoms with Crippen LogP contribution < -0.4 is 5.32 Å². The second kappa shape index (κ2) is 7.29. The van der Waals surface area contributed by atoms with Crippen molar-refractivity contribution < 1.29 is 9.53 Å². The van der Waals surface area contributed by atoms with Crippen LogP contribution in [0.15, 0.2) is 54.6 Å². The Balaban J connectivity index is 1.62. The highest BCUT2D eigenvalue weighted by molar-refractivity contribution is 5.84. The molecule has 1 amide bonds. The SMILES string of the molecule is C[C@H](Nc1ccc(-c2ccccc2)cc1)C(=O)N1CCOCC1. The number of benzene rings is 2. The van der Waals surface area contributed by atoms with Crippen molar-refractivity contribution in [2.75, 3.05) is 31.6 Å². The maximum Gasteiger partial charge on any atom is 0.244 e. The van der Waals surface area contributed by atoms with Crippen molar-refractivity contribution in [3.63, 3.8) is 0 Å². The van der Waals surface area contributed by atoms with Gasteiger partial charge in [-0.05, 0) is 30.2 Å². The summed E-state index contributed by atoms with van der Waals surface area (Å²) in [5.74, 6) is 0.125. The minimum atomic E-state index is -0.240. The number of rotatable bonds is 4. The number of ether oxygens (including phenoxy) is 1. The van der Waals surface area contributed by atoms with Gasteiger partial charge in [-0.25, -0.2) is 0 Å². The second-order valence-corrected chi connectivity index (χ2v) is 5.75. The number of nitrogens with one attached hydrogen (secondary N) is 1. The summed E-state index contributed by atoms with van der Waals surface area (Å²) in [7, 11) is 0. The smallest absolute Gasteiger partial charge is 0.244 e. The quantitative estimate of drug-likeness (QED) is 0.944. The molecule has 1 saturated heterocycles. The van der Waals surface area contributed by atoms with Crippen LogP contribution >= 0.6 is 0 Å². The Kier molecular flexibility index (Phi) is 4.93. The first-order chi connectivity index (χ1) is 11.2. The van der Waals surface area contributed by atoms with E-state index in [0.717, 1.165) is 5.69 Å². The lowest BCUT2D eigenvalue weighted by atomic mass is 10.1. The Morgan fingerprint density at radius 2 is 1.61 bits per heavy atom. The van der Waals surface area contributed by atoms with Gasteiger partial charge in [-0.15, -0.1) is 0 Å². The van der Waals surface area contributed by atoms with Gasteiger partial charge in [0, 0.05) is 18.8 Å². The number of amides is 1. The van der Waals surface area contributed by atoms with Gasteiger partial charge in [0.2, 0.25) is 5.91 Å². The molecule has 1 heterocycles. The molecule has 0 saturated carbocycles. The van der Waals surface area contributed by atoms with Crippen molar-refractivity contribution in [2.24, 2.45) is 0 Å².